The molecule has 28 heavy (non-hydrogen) atoms. The van der Waals surface area contributed by atoms with Gasteiger partial charge in [0, 0.05) is 16.3 Å². The third kappa shape index (κ3) is 4.69. The van der Waals surface area contributed by atoms with E-state index in [0.717, 1.165) is 5.56 Å². The molecule has 6 heteroatoms. The lowest BCUT2D eigenvalue weighted by Crippen LogP contribution is -2.15. The second kappa shape index (κ2) is 8.59. The van der Waals surface area contributed by atoms with Crippen LogP contribution in [0.1, 0.15) is 31.8 Å². The van der Waals surface area contributed by atoms with E-state index in [9.17, 15) is 9.59 Å². The zero-order valence-electron chi connectivity index (χ0n) is 15.2. The molecule has 3 aromatic carbocycles. The Morgan fingerprint density at radius 3 is 2.39 bits per heavy atom. The van der Waals surface area contributed by atoms with E-state index in [4.69, 9.17) is 22.1 Å². The fourth-order valence-corrected chi connectivity index (χ4v) is 2.86. The van der Waals surface area contributed by atoms with E-state index in [-0.39, 0.29) is 5.91 Å². The van der Waals surface area contributed by atoms with Crippen LogP contribution in [0.3, 0.4) is 0 Å². The first-order valence-corrected chi connectivity index (χ1v) is 9.00. The van der Waals surface area contributed by atoms with Crippen LogP contribution < -0.4 is 15.8 Å². The zero-order valence-corrected chi connectivity index (χ0v) is 16.0. The second-order valence-corrected chi connectivity index (χ2v) is 6.70. The minimum atomic E-state index is -0.503. The van der Waals surface area contributed by atoms with E-state index >= 15 is 0 Å². The third-order valence-corrected chi connectivity index (χ3v) is 4.44. The van der Waals surface area contributed by atoms with Crippen molar-refractivity contribution < 1.29 is 14.3 Å². The van der Waals surface area contributed by atoms with Gasteiger partial charge >= 0.3 is 0 Å². The third-order valence-electron chi connectivity index (χ3n) is 4.19. The molecular weight excluding hydrogens is 376 g/mol. The number of primary amides is 1. The Kier molecular flexibility index (Phi) is 5.96. The van der Waals surface area contributed by atoms with Crippen molar-refractivity contribution in [3.63, 3.8) is 0 Å². The van der Waals surface area contributed by atoms with Crippen molar-refractivity contribution in [3.8, 4) is 5.75 Å². The van der Waals surface area contributed by atoms with Crippen LogP contribution in [0, 0.1) is 6.92 Å². The summed E-state index contributed by atoms with van der Waals surface area (Å²) < 4.78 is 5.83. The van der Waals surface area contributed by atoms with Gasteiger partial charge in [0.2, 0.25) is 5.91 Å². The van der Waals surface area contributed by atoms with Crippen molar-refractivity contribution >= 4 is 29.1 Å². The molecule has 0 atom stereocenters. The predicted octanol–water partition coefficient (Wildman–Crippen LogP) is 4.58. The summed E-state index contributed by atoms with van der Waals surface area (Å²) in [5.41, 5.74) is 8.35. The van der Waals surface area contributed by atoms with Crippen LogP contribution in [-0.2, 0) is 6.61 Å². The van der Waals surface area contributed by atoms with E-state index in [1.54, 1.807) is 61.5 Å². The summed E-state index contributed by atoms with van der Waals surface area (Å²) in [6, 6.07) is 19.3. The van der Waals surface area contributed by atoms with Gasteiger partial charge in [0.15, 0.2) is 0 Å². The van der Waals surface area contributed by atoms with Crippen molar-refractivity contribution in [2.24, 2.45) is 5.73 Å². The molecule has 0 aliphatic heterocycles. The zero-order chi connectivity index (χ0) is 20.1. The number of benzene rings is 3. The number of ether oxygens (including phenoxy) is 1. The van der Waals surface area contributed by atoms with E-state index in [2.05, 4.69) is 5.32 Å². The first-order valence-electron chi connectivity index (χ1n) is 8.62. The van der Waals surface area contributed by atoms with Crippen molar-refractivity contribution in [2.45, 2.75) is 13.5 Å². The van der Waals surface area contributed by atoms with Gasteiger partial charge in [-0.3, -0.25) is 9.59 Å². The number of anilines is 1. The van der Waals surface area contributed by atoms with Crippen LogP contribution in [0.4, 0.5) is 5.69 Å². The summed E-state index contributed by atoms with van der Waals surface area (Å²) >= 11 is 5.89. The molecule has 2 amide bonds. The van der Waals surface area contributed by atoms with Gasteiger partial charge in [0.25, 0.3) is 5.91 Å². The average molecular weight is 395 g/mol. The van der Waals surface area contributed by atoms with Gasteiger partial charge in [-0.05, 0) is 60.5 Å². The lowest BCUT2D eigenvalue weighted by molar-refractivity contribution is 0.0997. The number of nitrogens with one attached hydrogen (secondary N) is 1. The number of nitrogens with two attached hydrogens (primary N) is 1. The van der Waals surface area contributed by atoms with Gasteiger partial charge in [0.05, 0.1) is 5.56 Å². The van der Waals surface area contributed by atoms with Crippen molar-refractivity contribution in [3.05, 3.63) is 94.0 Å². The molecule has 0 heterocycles. The number of carbonyl (C=O) groups is 2. The fraction of sp³-hybridized carbons (Fsp3) is 0.0909. The Labute approximate surface area is 168 Å². The van der Waals surface area contributed by atoms with Crippen molar-refractivity contribution in [2.75, 3.05) is 5.32 Å². The Bertz CT molecular complexity index is 1020. The molecule has 3 rings (SSSR count). The summed E-state index contributed by atoms with van der Waals surface area (Å²) in [5.74, 6) is -0.338. The van der Waals surface area contributed by atoms with Gasteiger partial charge in [-0.25, -0.2) is 0 Å². The minimum Gasteiger partial charge on any atom is -0.488 e. The molecule has 0 radical (unpaired) electrons. The summed E-state index contributed by atoms with van der Waals surface area (Å²) in [5, 5.41) is 3.48. The SMILES string of the molecule is Cc1cc(NC(=O)c2ccccc2OCc2ccc(Cl)cc2)ccc1C(N)=O. The molecule has 0 aliphatic rings. The Hall–Kier alpha value is -3.31. The maximum absolute atomic E-state index is 12.7. The first-order chi connectivity index (χ1) is 13.4. The molecule has 0 saturated heterocycles. The molecule has 0 fully saturated rings. The van der Waals surface area contributed by atoms with E-state index in [1.807, 2.05) is 12.1 Å². The highest BCUT2D eigenvalue weighted by molar-refractivity contribution is 6.30. The number of rotatable bonds is 6. The maximum atomic E-state index is 12.7. The molecule has 0 spiro atoms. The molecule has 0 bridgehead atoms. The summed E-state index contributed by atoms with van der Waals surface area (Å²) in [7, 11) is 0. The standard InChI is InChI=1S/C22H19ClN2O3/c1-14-12-17(10-11-18(14)21(24)26)25-22(27)19-4-2-3-5-20(19)28-13-15-6-8-16(23)9-7-15/h2-12H,13H2,1H3,(H2,24,26)(H,25,27). The molecule has 3 N–H and O–H groups in total. The fourth-order valence-electron chi connectivity index (χ4n) is 2.74. The maximum Gasteiger partial charge on any atom is 0.259 e. The van der Waals surface area contributed by atoms with Crippen LogP contribution in [0.25, 0.3) is 0 Å². The number of aryl methyl sites for hydroxylation is 1. The number of hydrogen-bond acceptors (Lipinski definition) is 3. The number of carbonyl (C=O) groups excluding carboxylic acids is 2. The molecular formula is C22H19ClN2O3. The van der Waals surface area contributed by atoms with Crippen molar-refractivity contribution in [1.82, 2.24) is 0 Å². The molecule has 142 valence electrons. The van der Waals surface area contributed by atoms with Gasteiger partial charge in [0.1, 0.15) is 12.4 Å². The Morgan fingerprint density at radius 1 is 1.00 bits per heavy atom. The predicted molar refractivity (Wildman–Crippen MR) is 110 cm³/mol. The summed E-state index contributed by atoms with van der Waals surface area (Å²) in [6.45, 7) is 2.08. The van der Waals surface area contributed by atoms with Crippen molar-refractivity contribution in [1.29, 1.82) is 0 Å². The molecule has 0 aromatic heterocycles. The van der Waals surface area contributed by atoms with Crippen LogP contribution >= 0.6 is 11.6 Å². The van der Waals surface area contributed by atoms with Crippen LogP contribution in [-0.4, -0.2) is 11.8 Å². The number of para-hydroxylation sites is 1. The minimum absolute atomic E-state index is 0.307. The second-order valence-electron chi connectivity index (χ2n) is 6.26. The molecule has 0 unspecified atom stereocenters. The van der Waals surface area contributed by atoms with Gasteiger partial charge < -0.3 is 15.8 Å². The lowest BCUT2D eigenvalue weighted by Gasteiger charge is -2.13. The Balaban J connectivity index is 1.74. The largest absolute Gasteiger partial charge is 0.488 e. The van der Waals surface area contributed by atoms with E-state index in [0.29, 0.717) is 39.8 Å². The summed E-state index contributed by atoms with van der Waals surface area (Å²) in [6.07, 6.45) is 0. The average Bonchev–Trinajstić information content (AvgIpc) is 2.67. The molecule has 5 nitrogen and oxygen atoms in total. The molecule has 0 saturated carbocycles. The number of amides is 2. The van der Waals surface area contributed by atoms with E-state index < -0.39 is 5.91 Å². The van der Waals surface area contributed by atoms with Gasteiger partial charge in [-0.2, -0.15) is 0 Å². The van der Waals surface area contributed by atoms with Crippen LogP contribution in [0.15, 0.2) is 66.7 Å². The number of hydrogen-bond donors (Lipinski definition) is 2. The first kappa shape index (κ1) is 19.5. The smallest absolute Gasteiger partial charge is 0.259 e. The highest BCUT2D eigenvalue weighted by atomic mass is 35.5. The monoisotopic (exact) mass is 394 g/mol. The number of halogens is 1. The summed E-state index contributed by atoms with van der Waals surface area (Å²) in [4.78, 5) is 24.1. The van der Waals surface area contributed by atoms with Gasteiger partial charge in [-0.15, -0.1) is 0 Å². The van der Waals surface area contributed by atoms with Gasteiger partial charge in [-0.1, -0.05) is 35.9 Å². The molecule has 0 aliphatic carbocycles. The topological polar surface area (TPSA) is 81.4 Å². The Morgan fingerprint density at radius 2 is 1.71 bits per heavy atom. The van der Waals surface area contributed by atoms with Crippen LogP contribution in [0.5, 0.6) is 5.75 Å². The van der Waals surface area contributed by atoms with Crippen LogP contribution in [0.2, 0.25) is 5.02 Å². The highest BCUT2D eigenvalue weighted by Gasteiger charge is 2.14. The van der Waals surface area contributed by atoms with E-state index in [1.165, 1.54) is 0 Å². The highest BCUT2D eigenvalue weighted by Crippen LogP contribution is 2.22. The normalized spacial score (nSPS) is 10.4. The lowest BCUT2D eigenvalue weighted by atomic mass is 10.1. The quantitative estimate of drug-likeness (QED) is 0.642. The molecule has 3 aromatic rings.